The van der Waals surface area contributed by atoms with E-state index in [2.05, 4.69) is 5.32 Å². The summed E-state index contributed by atoms with van der Waals surface area (Å²) < 4.78 is 9.96. The molecule has 2 amide bonds. The van der Waals surface area contributed by atoms with Gasteiger partial charge in [0.1, 0.15) is 6.54 Å². The Bertz CT molecular complexity index is 291. The maximum atomic E-state index is 11.8. The van der Waals surface area contributed by atoms with Crippen LogP contribution >= 0.6 is 0 Å². The van der Waals surface area contributed by atoms with Crippen LogP contribution in [-0.4, -0.2) is 68.1 Å². The molecule has 7 heteroatoms. The average molecular weight is 260 g/mol. The number of aliphatic carboxylic acids is 1. The van der Waals surface area contributed by atoms with Crippen molar-refractivity contribution >= 4 is 12.0 Å². The summed E-state index contributed by atoms with van der Waals surface area (Å²) >= 11 is 0. The van der Waals surface area contributed by atoms with E-state index in [1.165, 1.54) is 12.0 Å². The van der Waals surface area contributed by atoms with Gasteiger partial charge in [-0.3, -0.25) is 4.79 Å². The van der Waals surface area contributed by atoms with E-state index in [1.807, 2.05) is 0 Å². The van der Waals surface area contributed by atoms with Crippen LogP contribution in [0.2, 0.25) is 0 Å². The van der Waals surface area contributed by atoms with Gasteiger partial charge >= 0.3 is 12.0 Å². The minimum absolute atomic E-state index is 0.0706. The molecule has 2 N–H and O–H groups in total. The molecule has 1 rings (SSSR count). The predicted molar refractivity (Wildman–Crippen MR) is 63.4 cm³/mol. The number of nitrogens with one attached hydrogen (secondary N) is 1. The minimum Gasteiger partial charge on any atom is -0.480 e. The quantitative estimate of drug-likeness (QED) is 0.667. The number of carbonyl (C=O) groups is 2. The molecule has 1 fully saturated rings. The van der Waals surface area contributed by atoms with Gasteiger partial charge in [0.25, 0.3) is 0 Å². The van der Waals surface area contributed by atoms with Crippen LogP contribution in [0.3, 0.4) is 0 Å². The van der Waals surface area contributed by atoms with Crippen molar-refractivity contribution < 1.29 is 24.2 Å². The number of carbonyl (C=O) groups excluding carboxylic acids is 1. The van der Waals surface area contributed by atoms with Crippen molar-refractivity contribution in [2.45, 2.75) is 25.0 Å². The van der Waals surface area contributed by atoms with Gasteiger partial charge < -0.3 is 24.8 Å². The lowest BCUT2D eigenvalue weighted by atomic mass is 9.89. The van der Waals surface area contributed by atoms with Crippen LogP contribution in [0.1, 0.15) is 12.8 Å². The first-order chi connectivity index (χ1) is 8.56. The SMILES string of the molecule is COCCN(CC(=O)O)C(=O)NC1CC(OC)C1. The summed E-state index contributed by atoms with van der Waals surface area (Å²) in [7, 11) is 3.14. The predicted octanol–water partition coefficient (Wildman–Crippen LogP) is -0.0936. The molecule has 104 valence electrons. The van der Waals surface area contributed by atoms with Gasteiger partial charge in [0, 0.05) is 26.8 Å². The highest BCUT2D eigenvalue weighted by atomic mass is 16.5. The molecule has 0 heterocycles. The van der Waals surface area contributed by atoms with Crippen molar-refractivity contribution in [2.75, 3.05) is 33.9 Å². The minimum atomic E-state index is -1.04. The average Bonchev–Trinajstić information content (AvgIpc) is 2.27. The number of urea groups is 1. The standard InChI is InChI=1S/C11H20N2O5/c1-17-4-3-13(7-10(14)15)11(16)12-8-5-9(6-8)18-2/h8-9H,3-7H2,1-2H3,(H,12,16)(H,14,15). The molecule has 0 unspecified atom stereocenters. The van der Waals surface area contributed by atoms with Crippen LogP contribution < -0.4 is 5.32 Å². The highest BCUT2D eigenvalue weighted by molar-refractivity contribution is 5.80. The second kappa shape index (κ2) is 7.17. The highest BCUT2D eigenvalue weighted by Gasteiger charge is 2.31. The van der Waals surface area contributed by atoms with Crippen LogP contribution in [0.25, 0.3) is 0 Å². The lowest BCUT2D eigenvalue weighted by molar-refractivity contribution is -0.137. The zero-order valence-electron chi connectivity index (χ0n) is 10.7. The molecule has 7 nitrogen and oxygen atoms in total. The number of ether oxygens (including phenoxy) is 2. The third-order valence-electron chi connectivity index (χ3n) is 2.93. The topological polar surface area (TPSA) is 88.1 Å². The molecule has 0 spiro atoms. The van der Waals surface area contributed by atoms with E-state index in [1.54, 1.807) is 7.11 Å². The fraction of sp³-hybridized carbons (Fsp3) is 0.818. The number of nitrogens with zero attached hydrogens (tertiary/aromatic N) is 1. The summed E-state index contributed by atoms with van der Waals surface area (Å²) in [6, 6.07) is -0.296. The summed E-state index contributed by atoms with van der Waals surface area (Å²) in [4.78, 5) is 23.7. The van der Waals surface area contributed by atoms with Crippen molar-refractivity contribution in [1.29, 1.82) is 0 Å². The first-order valence-electron chi connectivity index (χ1n) is 5.85. The zero-order chi connectivity index (χ0) is 13.5. The maximum absolute atomic E-state index is 11.8. The molecule has 1 aliphatic carbocycles. The van der Waals surface area contributed by atoms with Gasteiger partial charge in [0.2, 0.25) is 0 Å². The number of carboxylic acids is 1. The number of methoxy groups -OCH3 is 2. The van der Waals surface area contributed by atoms with Gasteiger partial charge in [0.05, 0.1) is 12.7 Å². The molecule has 1 saturated carbocycles. The Morgan fingerprint density at radius 1 is 1.39 bits per heavy atom. The van der Waals surface area contributed by atoms with Gasteiger partial charge in [-0.05, 0) is 12.8 Å². The van der Waals surface area contributed by atoms with E-state index in [0.717, 1.165) is 12.8 Å². The molecule has 1 aliphatic rings. The molecular weight excluding hydrogens is 240 g/mol. The van der Waals surface area contributed by atoms with Crippen molar-refractivity contribution in [3.63, 3.8) is 0 Å². The van der Waals surface area contributed by atoms with Gasteiger partial charge in [0.15, 0.2) is 0 Å². The Hall–Kier alpha value is -1.34. The van der Waals surface area contributed by atoms with Crippen LogP contribution in [-0.2, 0) is 14.3 Å². The van der Waals surface area contributed by atoms with Crippen LogP contribution in [0.4, 0.5) is 4.79 Å². The summed E-state index contributed by atoms with van der Waals surface area (Å²) in [5.74, 6) is -1.04. The van der Waals surface area contributed by atoms with Gasteiger partial charge in [-0.15, -0.1) is 0 Å². The Kier molecular flexibility index (Phi) is 5.87. The molecule has 0 aromatic carbocycles. The van der Waals surface area contributed by atoms with E-state index in [9.17, 15) is 9.59 Å². The van der Waals surface area contributed by atoms with E-state index in [4.69, 9.17) is 14.6 Å². The zero-order valence-corrected chi connectivity index (χ0v) is 10.7. The second-order valence-electron chi connectivity index (χ2n) is 4.28. The molecule has 0 aliphatic heterocycles. The molecular formula is C11H20N2O5. The lowest BCUT2D eigenvalue weighted by Crippen LogP contribution is -2.53. The van der Waals surface area contributed by atoms with Gasteiger partial charge in [-0.2, -0.15) is 0 Å². The molecule has 18 heavy (non-hydrogen) atoms. The van der Waals surface area contributed by atoms with Crippen molar-refractivity contribution in [2.24, 2.45) is 0 Å². The Balaban J connectivity index is 2.36. The monoisotopic (exact) mass is 260 g/mol. The fourth-order valence-electron chi connectivity index (χ4n) is 1.76. The van der Waals surface area contributed by atoms with Crippen LogP contribution in [0.5, 0.6) is 0 Å². The lowest BCUT2D eigenvalue weighted by Gasteiger charge is -2.36. The smallest absolute Gasteiger partial charge is 0.323 e. The van der Waals surface area contributed by atoms with Crippen molar-refractivity contribution in [1.82, 2.24) is 10.2 Å². The summed E-state index contributed by atoms with van der Waals surface area (Å²) in [6.07, 6.45) is 1.74. The first kappa shape index (κ1) is 14.7. The number of hydrogen-bond acceptors (Lipinski definition) is 4. The molecule has 0 aromatic rings. The van der Waals surface area contributed by atoms with E-state index in [0.29, 0.717) is 6.61 Å². The third kappa shape index (κ3) is 4.50. The Labute approximate surface area is 106 Å². The van der Waals surface area contributed by atoms with Gasteiger partial charge in [-0.1, -0.05) is 0 Å². The van der Waals surface area contributed by atoms with E-state index >= 15 is 0 Å². The van der Waals surface area contributed by atoms with Crippen molar-refractivity contribution in [3.05, 3.63) is 0 Å². The molecule has 0 bridgehead atoms. The molecule has 0 aromatic heterocycles. The van der Waals surface area contributed by atoms with Crippen molar-refractivity contribution in [3.8, 4) is 0 Å². The summed E-state index contributed by atoms with van der Waals surface area (Å²) in [5, 5.41) is 11.5. The molecule has 0 atom stereocenters. The molecule has 0 saturated heterocycles. The largest absolute Gasteiger partial charge is 0.480 e. The Morgan fingerprint density at radius 3 is 2.56 bits per heavy atom. The van der Waals surface area contributed by atoms with Gasteiger partial charge in [-0.25, -0.2) is 4.79 Å². The Morgan fingerprint density at radius 2 is 2.06 bits per heavy atom. The van der Waals surface area contributed by atoms with E-state index in [-0.39, 0.29) is 31.3 Å². The number of carboxylic acid groups (broad SMARTS) is 1. The number of hydrogen-bond donors (Lipinski definition) is 2. The highest BCUT2D eigenvalue weighted by Crippen LogP contribution is 2.22. The molecule has 0 radical (unpaired) electrons. The fourth-order valence-corrected chi connectivity index (χ4v) is 1.76. The van der Waals surface area contributed by atoms with Crippen LogP contribution in [0, 0.1) is 0 Å². The third-order valence-corrected chi connectivity index (χ3v) is 2.93. The normalized spacial score (nSPS) is 22.1. The first-order valence-corrected chi connectivity index (χ1v) is 5.85. The summed E-state index contributed by atoms with van der Waals surface area (Å²) in [5.41, 5.74) is 0. The maximum Gasteiger partial charge on any atom is 0.323 e. The number of amides is 2. The number of rotatable bonds is 7. The van der Waals surface area contributed by atoms with E-state index < -0.39 is 5.97 Å². The van der Waals surface area contributed by atoms with Crippen LogP contribution in [0.15, 0.2) is 0 Å². The second-order valence-corrected chi connectivity index (χ2v) is 4.28. The summed E-state index contributed by atoms with van der Waals surface area (Å²) in [6.45, 7) is 0.247.